The van der Waals surface area contributed by atoms with Gasteiger partial charge in [-0.1, -0.05) is 36.4 Å². The summed E-state index contributed by atoms with van der Waals surface area (Å²) >= 11 is 0. The van der Waals surface area contributed by atoms with Crippen molar-refractivity contribution in [2.45, 2.75) is 12.2 Å². The summed E-state index contributed by atoms with van der Waals surface area (Å²) in [5.74, 6) is -2.01. The Hall–Kier alpha value is -2.70. The molecule has 2 rings (SSSR count). The summed E-state index contributed by atoms with van der Waals surface area (Å²) in [6.07, 6.45) is -3.92. The van der Waals surface area contributed by atoms with Gasteiger partial charge in [0, 0.05) is 11.4 Å². The van der Waals surface area contributed by atoms with Gasteiger partial charge in [-0.05, 0) is 24.3 Å². The summed E-state index contributed by atoms with van der Waals surface area (Å²) < 4.78 is 0. The zero-order valence-corrected chi connectivity index (χ0v) is 11.7. The molecule has 6 nitrogen and oxygen atoms in total. The van der Waals surface area contributed by atoms with Crippen LogP contribution in [0.2, 0.25) is 0 Å². The molecular formula is C16H16N2O4. The number of amides is 2. The predicted octanol–water partition coefficient (Wildman–Crippen LogP) is 0.558. The Morgan fingerprint density at radius 1 is 0.818 bits per heavy atom. The van der Waals surface area contributed by atoms with Crippen molar-refractivity contribution in [1.82, 2.24) is 0 Å². The minimum atomic E-state index is -1.97. The molecule has 0 saturated heterocycles. The number of nitrogens with zero attached hydrogens (tertiary/aromatic N) is 1. The minimum Gasteiger partial charge on any atom is -0.380 e. The average molecular weight is 300 g/mol. The van der Waals surface area contributed by atoms with Crippen LogP contribution < -0.4 is 10.6 Å². The Morgan fingerprint density at radius 2 is 1.23 bits per heavy atom. The first-order valence-electron chi connectivity index (χ1n) is 6.62. The summed E-state index contributed by atoms with van der Waals surface area (Å²) in [6, 6.07) is 17.2. The van der Waals surface area contributed by atoms with Crippen molar-refractivity contribution < 1.29 is 19.8 Å². The van der Waals surface area contributed by atoms with Gasteiger partial charge in [-0.2, -0.15) is 0 Å². The van der Waals surface area contributed by atoms with E-state index in [-0.39, 0.29) is 0 Å². The van der Waals surface area contributed by atoms with E-state index in [2.05, 4.69) is 0 Å². The summed E-state index contributed by atoms with van der Waals surface area (Å²) in [5.41, 5.74) is 5.92. The van der Waals surface area contributed by atoms with Crippen LogP contribution in [0.15, 0.2) is 60.7 Å². The lowest BCUT2D eigenvalue weighted by atomic mass is 10.1. The quantitative estimate of drug-likeness (QED) is 0.750. The Balaban J connectivity index is 2.41. The third kappa shape index (κ3) is 3.30. The van der Waals surface area contributed by atoms with E-state index in [1.165, 1.54) is 4.90 Å². The second kappa shape index (κ2) is 6.84. The van der Waals surface area contributed by atoms with Gasteiger partial charge in [-0.25, -0.2) is 0 Å². The van der Waals surface area contributed by atoms with Crippen LogP contribution in [0, 0.1) is 0 Å². The smallest absolute Gasteiger partial charge is 0.263 e. The van der Waals surface area contributed by atoms with Crippen molar-refractivity contribution in [1.29, 1.82) is 0 Å². The number of para-hydroxylation sites is 2. The number of primary amides is 1. The van der Waals surface area contributed by atoms with Gasteiger partial charge < -0.3 is 15.9 Å². The van der Waals surface area contributed by atoms with Gasteiger partial charge in [0.1, 0.15) is 0 Å². The lowest BCUT2D eigenvalue weighted by molar-refractivity contribution is -0.142. The predicted molar refractivity (Wildman–Crippen MR) is 81.2 cm³/mol. The molecule has 22 heavy (non-hydrogen) atoms. The molecule has 114 valence electrons. The van der Waals surface area contributed by atoms with E-state index in [1.54, 1.807) is 60.7 Å². The van der Waals surface area contributed by atoms with Crippen LogP contribution in [-0.2, 0) is 9.59 Å². The van der Waals surface area contributed by atoms with E-state index >= 15 is 0 Å². The maximum absolute atomic E-state index is 12.5. The average Bonchev–Trinajstić information content (AvgIpc) is 2.55. The number of rotatable bonds is 5. The first-order valence-corrected chi connectivity index (χ1v) is 6.62. The molecule has 0 aliphatic rings. The monoisotopic (exact) mass is 300 g/mol. The third-order valence-electron chi connectivity index (χ3n) is 3.09. The first kappa shape index (κ1) is 15.7. The van der Waals surface area contributed by atoms with Crippen LogP contribution in [0.3, 0.4) is 0 Å². The number of hydrogen-bond donors (Lipinski definition) is 3. The maximum atomic E-state index is 12.5. The number of anilines is 2. The van der Waals surface area contributed by atoms with Gasteiger partial charge in [-0.15, -0.1) is 0 Å². The van der Waals surface area contributed by atoms with Gasteiger partial charge in [-0.3, -0.25) is 14.5 Å². The highest BCUT2D eigenvalue weighted by molar-refractivity contribution is 6.05. The van der Waals surface area contributed by atoms with Crippen molar-refractivity contribution in [3.8, 4) is 0 Å². The van der Waals surface area contributed by atoms with Crippen molar-refractivity contribution in [2.75, 3.05) is 4.90 Å². The highest BCUT2D eigenvalue weighted by Crippen LogP contribution is 2.26. The molecule has 2 amide bonds. The summed E-state index contributed by atoms with van der Waals surface area (Å²) in [7, 11) is 0. The van der Waals surface area contributed by atoms with Crippen molar-refractivity contribution in [3.63, 3.8) is 0 Å². The largest absolute Gasteiger partial charge is 0.380 e. The zero-order chi connectivity index (χ0) is 16.1. The topological polar surface area (TPSA) is 104 Å². The molecule has 0 spiro atoms. The van der Waals surface area contributed by atoms with Gasteiger partial charge >= 0.3 is 0 Å². The van der Waals surface area contributed by atoms with Gasteiger partial charge in [0.05, 0.1) is 0 Å². The molecule has 2 aromatic rings. The number of nitrogens with two attached hydrogens (primary N) is 1. The normalized spacial score (nSPS) is 13.2. The molecule has 0 aromatic heterocycles. The SMILES string of the molecule is NC(=O)C(O)C(O)C(=O)N(c1ccccc1)c1ccccc1. The fourth-order valence-corrected chi connectivity index (χ4v) is 1.98. The number of benzene rings is 2. The van der Waals surface area contributed by atoms with E-state index in [1.807, 2.05) is 0 Å². The Morgan fingerprint density at radius 3 is 1.59 bits per heavy atom. The van der Waals surface area contributed by atoms with Gasteiger partial charge in [0.25, 0.3) is 5.91 Å². The lowest BCUT2D eigenvalue weighted by Gasteiger charge is -2.26. The molecule has 0 fully saturated rings. The van der Waals surface area contributed by atoms with Gasteiger partial charge in [0.2, 0.25) is 5.91 Å². The van der Waals surface area contributed by atoms with Crippen molar-refractivity contribution >= 4 is 23.2 Å². The van der Waals surface area contributed by atoms with Crippen LogP contribution in [-0.4, -0.2) is 34.2 Å². The van der Waals surface area contributed by atoms with E-state index in [4.69, 9.17) is 5.73 Å². The number of aliphatic hydroxyl groups is 2. The van der Waals surface area contributed by atoms with Crippen molar-refractivity contribution in [3.05, 3.63) is 60.7 Å². The molecule has 6 heteroatoms. The molecule has 0 saturated carbocycles. The number of aliphatic hydroxyl groups excluding tert-OH is 2. The standard InChI is InChI=1S/C16H16N2O4/c17-15(21)13(19)14(20)16(22)18(11-7-3-1-4-8-11)12-9-5-2-6-10-12/h1-10,13-14,19-20H,(H2,17,21). The molecular weight excluding hydrogens is 284 g/mol. The van der Waals surface area contributed by atoms with Crippen LogP contribution in [0.4, 0.5) is 11.4 Å². The highest BCUT2D eigenvalue weighted by atomic mass is 16.3. The Bertz CT molecular complexity index is 606. The van der Waals surface area contributed by atoms with Crippen LogP contribution >= 0.6 is 0 Å². The highest BCUT2D eigenvalue weighted by Gasteiger charge is 2.33. The fourth-order valence-electron chi connectivity index (χ4n) is 1.98. The third-order valence-corrected chi connectivity index (χ3v) is 3.09. The zero-order valence-electron chi connectivity index (χ0n) is 11.7. The Labute approximate surface area is 127 Å². The van der Waals surface area contributed by atoms with Crippen LogP contribution in [0.25, 0.3) is 0 Å². The molecule has 0 aliphatic heterocycles. The molecule has 2 atom stereocenters. The molecule has 0 aliphatic carbocycles. The second-order valence-corrected chi connectivity index (χ2v) is 4.64. The van der Waals surface area contributed by atoms with E-state index in [9.17, 15) is 19.8 Å². The summed E-state index contributed by atoms with van der Waals surface area (Å²) in [5, 5.41) is 19.4. The molecule has 2 unspecified atom stereocenters. The fraction of sp³-hybridized carbons (Fsp3) is 0.125. The van der Waals surface area contributed by atoms with Crippen LogP contribution in [0.5, 0.6) is 0 Å². The Kier molecular flexibility index (Phi) is 4.88. The minimum absolute atomic E-state index is 0.495. The number of hydrogen-bond acceptors (Lipinski definition) is 4. The molecule has 0 bridgehead atoms. The molecule has 4 N–H and O–H groups in total. The summed E-state index contributed by atoms with van der Waals surface area (Å²) in [4.78, 5) is 24.7. The lowest BCUT2D eigenvalue weighted by Crippen LogP contribution is -2.48. The van der Waals surface area contributed by atoms with E-state index < -0.39 is 24.0 Å². The number of carbonyl (C=O) groups is 2. The molecule has 0 radical (unpaired) electrons. The van der Waals surface area contributed by atoms with Crippen LogP contribution in [0.1, 0.15) is 0 Å². The molecule has 0 heterocycles. The van der Waals surface area contributed by atoms with Gasteiger partial charge in [0.15, 0.2) is 12.2 Å². The van der Waals surface area contributed by atoms with E-state index in [0.717, 1.165) is 0 Å². The summed E-state index contributed by atoms with van der Waals surface area (Å²) in [6.45, 7) is 0. The first-order chi connectivity index (χ1) is 10.5. The van der Waals surface area contributed by atoms with E-state index in [0.29, 0.717) is 11.4 Å². The van der Waals surface area contributed by atoms with Crippen molar-refractivity contribution in [2.24, 2.45) is 5.73 Å². The maximum Gasteiger partial charge on any atom is 0.263 e. The second-order valence-electron chi connectivity index (χ2n) is 4.64. The number of carbonyl (C=O) groups excluding carboxylic acids is 2. The molecule has 2 aromatic carbocycles.